The van der Waals surface area contributed by atoms with Crippen LogP contribution in [0.2, 0.25) is 0 Å². The van der Waals surface area contributed by atoms with Gasteiger partial charge in [-0.2, -0.15) is 8.78 Å². The minimum atomic E-state index is -5.15. The molecular formula is C31H40F2N2O3S2. The molecule has 1 unspecified atom stereocenters. The van der Waals surface area contributed by atoms with Crippen molar-refractivity contribution < 1.29 is 21.4 Å². The summed E-state index contributed by atoms with van der Waals surface area (Å²) < 4.78 is 75.4. The number of nitrogens with one attached hydrogen (secondary N) is 1. The fraction of sp³-hybridized carbons (Fsp3) is 0.419. The summed E-state index contributed by atoms with van der Waals surface area (Å²) in [5, 5.41) is -4.28. The standard InChI is InChI=1S/C31H40F2N2O3S2/c1-24(2)21-28(35(22-25-15-9-6-10-16-25)23-26-17-11-7-12-18-26)29(34-39(36)30(3,4)5)31(32,33)40(37,38)27-19-13-8-14-20-27/h6-20,24,28-29,34H,21-23H2,1-5H3/t28-,29-,39?/m0/s1. The van der Waals surface area contributed by atoms with Gasteiger partial charge in [-0.25, -0.2) is 17.3 Å². The minimum absolute atomic E-state index is 0.0540. The van der Waals surface area contributed by atoms with E-state index in [-0.39, 0.29) is 12.3 Å². The summed E-state index contributed by atoms with van der Waals surface area (Å²) >= 11 is 0. The zero-order chi connectivity index (χ0) is 29.6. The maximum absolute atomic E-state index is 16.6. The van der Waals surface area contributed by atoms with Gasteiger partial charge in [0.2, 0.25) is 9.84 Å². The average molecular weight is 591 g/mol. The molecule has 0 saturated heterocycles. The minimum Gasteiger partial charge on any atom is -0.290 e. The number of hydrogen-bond donors (Lipinski definition) is 1. The molecule has 5 nitrogen and oxygen atoms in total. The second-order valence-electron chi connectivity index (χ2n) is 11.4. The lowest BCUT2D eigenvalue weighted by molar-refractivity contribution is 0.000647. The Morgan fingerprint density at radius 1 is 0.800 bits per heavy atom. The first-order valence-electron chi connectivity index (χ1n) is 13.4. The average Bonchev–Trinajstić information content (AvgIpc) is 2.91. The molecule has 0 saturated carbocycles. The highest BCUT2D eigenvalue weighted by molar-refractivity contribution is 7.92. The van der Waals surface area contributed by atoms with E-state index in [1.165, 1.54) is 24.3 Å². The summed E-state index contributed by atoms with van der Waals surface area (Å²) in [6, 6.07) is 22.8. The Morgan fingerprint density at radius 2 is 1.23 bits per heavy atom. The molecule has 0 spiro atoms. The van der Waals surface area contributed by atoms with E-state index < -0.39 is 47.8 Å². The Balaban J connectivity index is 2.20. The zero-order valence-corrected chi connectivity index (χ0v) is 25.4. The van der Waals surface area contributed by atoms with Gasteiger partial charge in [0.05, 0.1) is 20.6 Å². The first-order chi connectivity index (χ1) is 18.7. The van der Waals surface area contributed by atoms with Gasteiger partial charge in [0.15, 0.2) is 0 Å². The molecular weight excluding hydrogens is 550 g/mol. The number of alkyl halides is 2. The monoisotopic (exact) mass is 590 g/mol. The predicted molar refractivity (Wildman–Crippen MR) is 159 cm³/mol. The lowest BCUT2D eigenvalue weighted by atomic mass is 9.95. The molecule has 218 valence electrons. The summed E-state index contributed by atoms with van der Waals surface area (Å²) in [6.45, 7) is 9.43. The first kappa shape index (κ1) is 32.1. The van der Waals surface area contributed by atoms with Gasteiger partial charge in [-0.15, -0.1) is 0 Å². The topological polar surface area (TPSA) is 66.5 Å². The van der Waals surface area contributed by atoms with Gasteiger partial charge in [0.1, 0.15) is 6.04 Å². The summed E-state index contributed by atoms with van der Waals surface area (Å²) in [6.07, 6.45) is 0.249. The Hall–Kier alpha value is -2.46. The Morgan fingerprint density at radius 3 is 1.62 bits per heavy atom. The Labute approximate surface area is 240 Å². The fourth-order valence-electron chi connectivity index (χ4n) is 4.49. The molecule has 3 aromatic rings. The van der Waals surface area contributed by atoms with Crippen LogP contribution in [-0.4, -0.2) is 39.6 Å². The van der Waals surface area contributed by atoms with Crippen molar-refractivity contribution in [1.82, 2.24) is 9.62 Å². The third-order valence-corrected chi connectivity index (χ3v) is 10.0. The number of benzene rings is 3. The van der Waals surface area contributed by atoms with Crippen molar-refractivity contribution in [2.45, 2.75) is 81.1 Å². The van der Waals surface area contributed by atoms with Crippen LogP contribution in [0.25, 0.3) is 0 Å². The second-order valence-corrected chi connectivity index (χ2v) is 15.4. The molecule has 3 rings (SSSR count). The van der Waals surface area contributed by atoms with Gasteiger partial charge in [0, 0.05) is 19.1 Å². The fourth-order valence-corrected chi connectivity index (χ4v) is 6.84. The van der Waals surface area contributed by atoms with E-state index in [2.05, 4.69) is 4.72 Å². The van der Waals surface area contributed by atoms with Gasteiger partial charge in [0.25, 0.3) is 0 Å². The Kier molecular flexibility index (Phi) is 10.8. The molecule has 3 aromatic carbocycles. The zero-order valence-electron chi connectivity index (χ0n) is 23.8. The van der Waals surface area contributed by atoms with E-state index in [0.717, 1.165) is 11.1 Å². The molecule has 0 aliphatic rings. The normalized spacial score (nSPS) is 15.2. The second kappa shape index (κ2) is 13.5. The summed E-state index contributed by atoms with van der Waals surface area (Å²) in [4.78, 5) is 1.41. The van der Waals surface area contributed by atoms with Crippen LogP contribution in [0.15, 0.2) is 95.9 Å². The number of rotatable bonds is 13. The predicted octanol–water partition coefficient (Wildman–Crippen LogP) is 6.59. The van der Waals surface area contributed by atoms with Crippen LogP contribution in [0.5, 0.6) is 0 Å². The number of halogens is 2. The van der Waals surface area contributed by atoms with Crippen molar-refractivity contribution in [3.05, 3.63) is 102 Å². The Bertz CT molecular complexity index is 1290. The highest BCUT2D eigenvalue weighted by Gasteiger charge is 2.57. The largest absolute Gasteiger partial charge is 0.367 e. The van der Waals surface area contributed by atoms with Gasteiger partial charge in [-0.3, -0.25) is 4.90 Å². The van der Waals surface area contributed by atoms with E-state index >= 15 is 8.78 Å². The number of hydrogen-bond acceptors (Lipinski definition) is 4. The summed E-state index contributed by atoms with van der Waals surface area (Å²) in [5.74, 6) is -0.0540. The van der Waals surface area contributed by atoms with Gasteiger partial charge >= 0.3 is 5.25 Å². The van der Waals surface area contributed by atoms with Crippen molar-refractivity contribution in [3.8, 4) is 0 Å². The van der Waals surface area contributed by atoms with Crippen molar-refractivity contribution in [2.24, 2.45) is 5.92 Å². The van der Waals surface area contributed by atoms with E-state index in [1.54, 1.807) is 26.8 Å². The third-order valence-electron chi connectivity index (χ3n) is 6.59. The van der Waals surface area contributed by atoms with E-state index in [9.17, 15) is 12.6 Å². The summed E-state index contributed by atoms with van der Waals surface area (Å²) in [7, 11) is -7.12. The molecule has 9 heteroatoms. The van der Waals surface area contributed by atoms with Gasteiger partial charge < -0.3 is 0 Å². The van der Waals surface area contributed by atoms with Crippen molar-refractivity contribution in [3.63, 3.8) is 0 Å². The first-order valence-corrected chi connectivity index (χ1v) is 16.0. The molecule has 0 amide bonds. The number of nitrogens with zero attached hydrogens (tertiary/aromatic N) is 1. The molecule has 0 radical (unpaired) electrons. The molecule has 0 aliphatic heterocycles. The molecule has 0 bridgehead atoms. The van der Waals surface area contributed by atoms with Gasteiger partial charge in [-0.1, -0.05) is 92.7 Å². The highest BCUT2D eigenvalue weighted by Crippen LogP contribution is 2.38. The lowest BCUT2D eigenvalue weighted by Crippen LogP contribution is -2.62. The molecule has 1 N–H and O–H groups in total. The van der Waals surface area contributed by atoms with Crippen LogP contribution in [0, 0.1) is 5.92 Å². The third kappa shape index (κ3) is 8.06. The smallest absolute Gasteiger partial charge is 0.290 e. The van der Waals surface area contributed by atoms with Crippen molar-refractivity contribution in [2.75, 3.05) is 0 Å². The lowest BCUT2D eigenvalue weighted by Gasteiger charge is -2.42. The van der Waals surface area contributed by atoms with Crippen LogP contribution in [-0.2, 0) is 33.9 Å². The molecule has 0 aromatic heterocycles. The molecule has 0 aliphatic carbocycles. The quantitative estimate of drug-likeness (QED) is 0.244. The van der Waals surface area contributed by atoms with E-state index in [1.807, 2.05) is 79.4 Å². The van der Waals surface area contributed by atoms with Crippen LogP contribution in [0.3, 0.4) is 0 Å². The van der Waals surface area contributed by atoms with Crippen LogP contribution < -0.4 is 4.72 Å². The molecule has 40 heavy (non-hydrogen) atoms. The van der Waals surface area contributed by atoms with Gasteiger partial charge in [-0.05, 0) is 56.4 Å². The molecule has 0 fully saturated rings. The molecule has 3 atom stereocenters. The van der Waals surface area contributed by atoms with Crippen LogP contribution in [0.1, 0.15) is 52.2 Å². The van der Waals surface area contributed by atoms with Crippen LogP contribution >= 0.6 is 0 Å². The number of sulfone groups is 1. The van der Waals surface area contributed by atoms with E-state index in [0.29, 0.717) is 13.1 Å². The summed E-state index contributed by atoms with van der Waals surface area (Å²) in [5.41, 5.74) is 1.80. The highest BCUT2D eigenvalue weighted by atomic mass is 32.2. The van der Waals surface area contributed by atoms with Crippen LogP contribution in [0.4, 0.5) is 8.78 Å². The van der Waals surface area contributed by atoms with Crippen molar-refractivity contribution in [1.29, 1.82) is 0 Å². The van der Waals surface area contributed by atoms with Crippen molar-refractivity contribution >= 4 is 20.8 Å². The van der Waals surface area contributed by atoms with E-state index in [4.69, 9.17) is 0 Å². The SMILES string of the molecule is CC(C)C[C@@H]([C@H](NS(=O)C(C)(C)C)C(F)(F)S(=O)(=O)c1ccccc1)N(Cc1ccccc1)Cc1ccccc1. The molecule has 0 heterocycles. The maximum atomic E-state index is 16.6. The maximum Gasteiger partial charge on any atom is 0.367 e.